The Morgan fingerprint density at radius 3 is 2.35 bits per heavy atom. The molecular formula is C19H12N2O2. The quantitative estimate of drug-likeness (QED) is 0.578. The predicted octanol–water partition coefficient (Wildman–Crippen LogP) is 3.31. The van der Waals surface area contributed by atoms with Gasteiger partial charge in [0, 0.05) is 21.9 Å². The Morgan fingerprint density at radius 1 is 0.870 bits per heavy atom. The summed E-state index contributed by atoms with van der Waals surface area (Å²) in [6, 6.07) is 20.0. The van der Waals surface area contributed by atoms with E-state index in [1.807, 2.05) is 36.4 Å². The van der Waals surface area contributed by atoms with E-state index in [2.05, 4.69) is 9.97 Å². The van der Waals surface area contributed by atoms with Gasteiger partial charge in [0.1, 0.15) is 5.65 Å². The number of fused-ring (bicyclic) bond motifs is 3. The average molecular weight is 300 g/mol. The minimum Gasteiger partial charge on any atom is -0.339 e. The summed E-state index contributed by atoms with van der Waals surface area (Å²) in [5, 5.41) is 1.70. The van der Waals surface area contributed by atoms with Crippen molar-refractivity contribution in [2.75, 3.05) is 0 Å². The van der Waals surface area contributed by atoms with Crippen molar-refractivity contribution < 1.29 is 4.79 Å². The van der Waals surface area contributed by atoms with Crippen molar-refractivity contribution in [1.29, 1.82) is 0 Å². The van der Waals surface area contributed by atoms with Crippen LogP contribution in [0.1, 0.15) is 15.9 Å². The van der Waals surface area contributed by atoms with E-state index in [9.17, 15) is 9.59 Å². The molecule has 0 aliphatic carbocycles. The van der Waals surface area contributed by atoms with Gasteiger partial charge in [0.15, 0.2) is 5.78 Å². The highest BCUT2D eigenvalue weighted by Crippen LogP contribution is 2.23. The summed E-state index contributed by atoms with van der Waals surface area (Å²) in [6.07, 6.45) is 0. The summed E-state index contributed by atoms with van der Waals surface area (Å²) in [6.45, 7) is 0. The number of benzene rings is 1. The van der Waals surface area contributed by atoms with Gasteiger partial charge in [-0.1, -0.05) is 54.6 Å². The molecule has 2 aromatic heterocycles. The third-order valence-electron chi connectivity index (χ3n) is 3.85. The molecule has 2 heterocycles. The lowest BCUT2D eigenvalue weighted by atomic mass is 10.0. The van der Waals surface area contributed by atoms with E-state index in [0.717, 1.165) is 16.3 Å². The molecule has 4 heteroatoms. The van der Waals surface area contributed by atoms with Crippen LogP contribution in [0.5, 0.6) is 0 Å². The molecule has 0 spiro atoms. The highest BCUT2D eigenvalue weighted by molar-refractivity contribution is 6.13. The first-order valence-electron chi connectivity index (χ1n) is 7.25. The number of rotatable bonds is 2. The molecule has 0 saturated heterocycles. The number of nitrogens with one attached hydrogen (secondary N) is 1. The summed E-state index contributed by atoms with van der Waals surface area (Å²) in [4.78, 5) is 32.0. The molecule has 4 aromatic rings. The fourth-order valence-electron chi connectivity index (χ4n) is 2.72. The molecule has 110 valence electrons. The number of hydrogen-bond donors (Lipinski definition) is 1. The first kappa shape index (κ1) is 13.4. The van der Waals surface area contributed by atoms with E-state index in [1.54, 1.807) is 30.3 Å². The normalized spacial score (nSPS) is 11.0. The summed E-state index contributed by atoms with van der Waals surface area (Å²) < 4.78 is 0. The fourth-order valence-corrected chi connectivity index (χ4v) is 2.72. The zero-order chi connectivity index (χ0) is 15.8. The molecule has 0 aliphatic rings. The van der Waals surface area contributed by atoms with E-state index < -0.39 is 5.56 Å². The first-order valence-corrected chi connectivity index (χ1v) is 7.25. The van der Waals surface area contributed by atoms with E-state index in [4.69, 9.17) is 0 Å². The van der Waals surface area contributed by atoms with E-state index in [-0.39, 0.29) is 11.3 Å². The van der Waals surface area contributed by atoms with E-state index in [0.29, 0.717) is 11.2 Å². The number of pyridine rings is 1. The first-order chi connectivity index (χ1) is 11.2. The Bertz CT molecular complexity index is 1100. The number of aromatic nitrogens is 2. The monoisotopic (exact) mass is 300 g/mol. The van der Waals surface area contributed by atoms with Crippen LogP contribution >= 0.6 is 0 Å². The Balaban J connectivity index is 2.00. The van der Waals surface area contributed by atoms with Crippen LogP contribution in [0.4, 0.5) is 0 Å². The number of carbonyl (C=O) groups is 1. The maximum Gasteiger partial charge on any atom is 0.282 e. The van der Waals surface area contributed by atoms with Crippen molar-refractivity contribution in [3.8, 4) is 0 Å². The molecule has 0 fully saturated rings. The van der Waals surface area contributed by atoms with Gasteiger partial charge in [0.05, 0.1) is 5.56 Å². The van der Waals surface area contributed by atoms with Crippen molar-refractivity contribution in [2.24, 2.45) is 0 Å². The summed E-state index contributed by atoms with van der Waals surface area (Å²) in [5.41, 5.74) is 1.44. The lowest BCUT2D eigenvalue weighted by Gasteiger charge is -2.00. The number of nitrogens with zero attached hydrogens (tertiary/aromatic N) is 1. The summed E-state index contributed by atoms with van der Waals surface area (Å²) in [5.74, 6) is -0.306. The minimum absolute atomic E-state index is 0.0936. The van der Waals surface area contributed by atoms with Crippen LogP contribution in [-0.4, -0.2) is 15.8 Å². The molecule has 4 rings (SSSR count). The van der Waals surface area contributed by atoms with Gasteiger partial charge in [0.25, 0.3) is 5.56 Å². The second kappa shape index (κ2) is 5.18. The van der Waals surface area contributed by atoms with Crippen LogP contribution in [0.3, 0.4) is 0 Å². The topological polar surface area (TPSA) is 62.8 Å². The smallest absolute Gasteiger partial charge is 0.282 e. The molecular weight excluding hydrogens is 288 g/mol. The van der Waals surface area contributed by atoms with Crippen molar-refractivity contribution in [1.82, 2.24) is 9.97 Å². The standard InChI is InChI=1S/C19H12N2O2/c22-17(12-7-3-1-4-8-12)15-11-14-13-9-5-2-6-10-16(13)20-18(14)21-19(15)23/h1-11H,(H,20,21,23). The zero-order valence-electron chi connectivity index (χ0n) is 12.1. The number of H-pyrrole nitrogens is 1. The Labute approximate surface area is 131 Å². The molecule has 0 bridgehead atoms. The van der Waals surface area contributed by atoms with Crippen LogP contribution in [0.25, 0.3) is 21.9 Å². The molecule has 0 radical (unpaired) electrons. The van der Waals surface area contributed by atoms with Gasteiger partial charge < -0.3 is 4.98 Å². The molecule has 0 unspecified atom stereocenters. The van der Waals surface area contributed by atoms with Crippen LogP contribution in [0, 0.1) is 0 Å². The fraction of sp³-hybridized carbons (Fsp3) is 0. The van der Waals surface area contributed by atoms with Gasteiger partial charge in [0.2, 0.25) is 0 Å². The summed E-state index contributed by atoms with van der Waals surface area (Å²) >= 11 is 0. The molecule has 2 aromatic carbocycles. The van der Waals surface area contributed by atoms with Gasteiger partial charge in [-0.05, 0) is 12.1 Å². The molecule has 0 atom stereocenters. The Hall–Kier alpha value is -3.27. The van der Waals surface area contributed by atoms with Crippen LogP contribution < -0.4 is 5.56 Å². The highest BCUT2D eigenvalue weighted by atomic mass is 16.1. The van der Waals surface area contributed by atoms with Crippen molar-refractivity contribution in [3.05, 3.63) is 88.2 Å². The van der Waals surface area contributed by atoms with Crippen molar-refractivity contribution >= 4 is 27.7 Å². The lowest BCUT2D eigenvalue weighted by Crippen LogP contribution is -2.18. The maximum atomic E-state index is 12.6. The van der Waals surface area contributed by atoms with Crippen LogP contribution in [0.15, 0.2) is 71.5 Å². The Kier molecular flexibility index (Phi) is 3.01. The zero-order valence-corrected chi connectivity index (χ0v) is 12.1. The van der Waals surface area contributed by atoms with Crippen LogP contribution in [0.2, 0.25) is 0 Å². The van der Waals surface area contributed by atoms with Gasteiger partial charge in [-0.15, -0.1) is 0 Å². The van der Waals surface area contributed by atoms with Gasteiger partial charge in [-0.25, -0.2) is 0 Å². The van der Waals surface area contributed by atoms with Gasteiger partial charge in [-0.2, -0.15) is 4.98 Å². The highest BCUT2D eigenvalue weighted by Gasteiger charge is 2.16. The van der Waals surface area contributed by atoms with Crippen LogP contribution in [-0.2, 0) is 0 Å². The molecule has 23 heavy (non-hydrogen) atoms. The van der Waals surface area contributed by atoms with Crippen molar-refractivity contribution in [2.45, 2.75) is 0 Å². The number of ketones is 1. The molecule has 0 saturated carbocycles. The summed E-state index contributed by atoms with van der Waals surface area (Å²) in [7, 11) is 0. The van der Waals surface area contributed by atoms with Gasteiger partial charge in [-0.3, -0.25) is 9.59 Å². The average Bonchev–Trinajstić information content (AvgIpc) is 2.75. The lowest BCUT2D eigenvalue weighted by molar-refractivity contribution is 0.103. The molecule has 0 amide bonds. The second-order valence-electron chi connectivity index (χ2n) is 5.30. The third-order valence-corrected chi connectivity index (χ3v) is 3.85. The maximum absolute atomic E-state index is 12.6. The number of carbonyl (C=O) groups excluding carboxylic acids is 1. The van der Waals surface area contributed by atoms with E-state index in [1.165, 1.54) is 0 Å². The largest absolute Gasteiger partial charge is 0.339 e. The SMILES string of the molecule is O=C(c1ccccc1)c1cc2c(nc1=O)[nH]c1cccccc12. The van der Waals surface area contributed by atoms with E-state index >= 15 is 0 Å². The molecule has 4 nitrogen and oxygen atoms in total. The Morgan fingerprint density at radius 2 is 1.57 bits per heavy atom. The molecule has 0 aliphatic heterocycles. The van der Waals surface area contributed by atoms with Gasteiger partial charge >= 0.3 is 0 Å². The number of hydrogen-bond acceptors (Lipinski definition) is 3. The predicted molar refractivity (Wildman–Crippen MR) is 89.7 cm³/mol. The number of aromatic amines is 1. The minimum atomic E-state index is -0.512. The van der Waals surface area contributed by atoms with Crippen molar-refractivity contribution in [3.63, 3.8) is 0 Å². The third kappa shape index (κ3) is 2.21. The second-order valence-corrected chi connectivity index (χ2v) is 5.30. The molecule has 1 N–H and O–H groups in total.